The van der Waals surface area contributed by atoms with Crippen molar-refractivity contribution in [3.63, 3.8) is 0 Å². The number of rotatable bonds is 4. The predicted octanol–water partition coefficient (Wildman–Crippen LogP) is 4.47. The second-order valence-corrected chi connectivity index (χ2v) is 9.85. The molecule has 1 N–H and O–H groups in total. The number of nitro groups is 1. The molecule has 6 rings (SSSR count). The van der Waals surface area contributed by atoms with Crippen molar-refractivity contribution in [2.75, 3.05) is 10.2 Å². The van der Waals surface area contributed by atoms with Crippen LogP contribution in [0, 0.1) is 23.0 Å². The molecular formula is C29H23N3O5. The number of nitrogens with one attached hydrogen (secondary N) is 1. The van der Waals surface area contributed by atoms with Crippen molar-refractivity contribution in [1.29, 1.82) is 0 Å². The molecule has 8 heteroatoms. The van der Waals surface area contributed by atoms with Crippen molar-refractivity contribution in [3.8, 4) is 0 Å². The van der Waals surface area contributed by atoms with Gasteiger partial charge in [-0.2, -0.15) is 0 Å². The number of benzene rings is 3. The van der Waals surface area contributed by atoms with E-state index in [0.717, 1.165) is 16.8 Å². The number of nitro benzene ring substituents is 1. The molecule has 1 spiro atoms. The number of amides is 1. The van der Waals surface area contributed by atoms with Crippen molar-refractivity contribution in [2.24, 2.45) is 5.92 Å². The van der Waals surface area contributed by atoms with Gasteiger partial charge in [0.15, 0.2) is 11.6 Å². The van der Waals surface area contributed by atoms with Gasteiger partial charge in [0.2, 0.25) is 5.91 Å². The van der Waals surface area contributed by atoms with Gasteiger partial charge in [0, 0.05) is 29.1 Å². The lowest BCUT2D eigenvalue weighted by Gasteiger charge is -2.37. The highest BCUT2D eigenvalue weighted by molar-refractivity contribution is 6.16. The van der Waals surface area contributed by atoms with Crippen LogP contribution in [0.5, 0.6) is 0 Å². The van der Waals surface area contributed by atoms with Crippen LogP contribution in [0.4, 0.5) is 17.1 Å². The smallest absolute Gasteiger partial charge is 0.270 e. The van der Waals surface area contributed by atoms with Crippen molar-refractivity contribution >= 4 is 40.6 Å². The maximum atomic E-state index is 14.4. The number of non-ortho nitro benzene ring substituents is 1. The molecule has 3 aromatic carbocycles. The summed E-state index contributed by atoms with van der Waals surface area (Å²) in [7, 11) is 0. The number of anilines is 2. The fraction of sp³-hybridized carbons (Fsp3) is 0.207. The van der Waals surface area contributed by atoms with Gasteiger partial charge in [-0.25, -0.2) is 0 Å². The second kappa shape index (κ2) is 7.96. The number of ketones is 2. The third-order valence-electron chi connectivity index (χ3n) is 7.83. The fourth-order valence-corrected chi connectivity index (χ4v) is 6.40. The van der Waals surface area contributed by atoms with Gasteiger partial charge in [0.05, 0.1) is 22.9 Å². The highest BCUT2D eigenvalue weighted by Crippen LogP contribution is 2.57. The van der Waals surface area contributed by atoms with E-state index >= 15 is 0 Å². The van der Waals surface area contributed by atoms with Gasteiger partial charge in [-0.05, 0) is 43.2 Å². The number of hydrogen-bond acceptors (Lipinski definition) is 6. The average Bonchev–Trinajstić information content (AvgIpc) is 3.36. The number of carbonyl (C=O) groups is 3. The number of aryl methyl sites for hydroxylation is 1. The Labute approximate surface area is 212 Å². The lowest BCUT2D eigenvalue weighted by Crippen LogP contribution is -2.51. The lowest BCUT2D eigenvalue weighted by molar-refractivity contribution is -0.384. The van der Waals surface area contributed by atoms with E-state index in [1.165, 1.54) is 31.2 Å². The van der Waals surface area contributed by atoms with Crippen LogP contribution in [-0.4, -0.2) is 34.5 Å². The minimum absolute atomic E-state index is 0.0926. The van der Waals surface area contributed by atoms with E-state index in [4.69, 9.17) is 0 Å². The molecule has 3 aromatic rings. The molecule has 1 saturated heterocycles. The van der Waals surface area contributed by atoms with Gasteiger partial charge in [-0.3, -0.25) is 24.5 Å². The van der Waals surface area contributed by atoms with Crippen LogP contribution in [0.25, 0.3) is 6.08 Å². The summed E-state index contributed by atoms with van der Waals surface area (Å²) in [5.41, 5.74) is 2.40. The molecule has 4 atom stereocenters. The highest BCUT2D eigenvalue weighted by Gasteiger charge is 2.69. The summed E-state index contributed by atoms with van der Waals surface area (Å²) < 4.78 is 0. The van der Waals surface area contributed by atoms with Gasteiger partial charge >= 0.3 is 0 Å². The average molecular weight is 494 g/mol. The Bertz CT molecular complexity index is 1560. The van der Waals surface area contributed by atoms with Crippen LogP contribution in [0.3, 0.4) is 0 Å². The molecule has 8 nitrogen and oxygen atoms in total. The summed E-state index contributed by atoms with van der Waals surface area (Å²) in [5.74, 6) is -2.22. The Morgan fingerprint density at radius 1 is 1.05 bits per heavy atom. The molecular weight excluding hydrogens is 470 g/mol. The van der Waals surface area contributed by atoms with Crippen molar-refractivity contribution in [2.45, 2.75) is 31.3 Å². The molecule has 0 bridgehead atoms. The second-order valence-electron chi connectivity index (χ2n) is 9.85. The van der Waals surface area contributed by atoms with Crippen LogP contribution < -0.4 is 10.2 Å². The number of nitrogens with zero attached hydrogens (tertiary/aromatic N) is 2. The molecule has 37 heavy (non-hydrogen) atoms. The first-order valence-electron chi connectivity index (χ1n) is 12.0. The molecule has 1 amide bonds. The number of Topliss-reactive ketones (excluding diaryl/α,β-unsaturated/α-hetero) is 2. The normalized spacial score (nSPS) is 24.9. The minimum atomic E-state index is -1.41. The Balaban J connectivity index is 1.64. The minimum Gasteiger partial charge on any atom is -0.352 e. The Kier molecular flexibility index (Phi) is 4.91. The quantitative estimate of drug-likeness (QED) is 0.326. The third kappa shape index (κ3) is 3.05. The molecule has 3 aliphatic rings. The molecule has 0 aliphatic carbocycles. The van der Waals surface area contributed by atoms with Gasteiger partial charge in [-0.1, -0.05) is 54.1 Å². The maximum Gasteiger partial charge on any atom is 0.270 e. The zero-order valence-electron chi connectivity index (χ0n) is 20.2. The van der Waals surface area contributed by atoms with Crippen LogP contribution in [0.15, 0.2) is 72.8 Å². The van der Waals surface area contributed by atoms with Gasteiger partial charge in [0.25, 0.3) is 5.69 Å². The zero-order chi connectivity index (χ0) is 26.1. The summed E-state index contributed by atoms with van der Waals surface area (Å²) >= 11 is 0. The number of hydrogen-bond donors (Lipinski definition) is 1. The first-order valence-corrected chi connectivity index (χ1v) is 12.0. The lowest BCUT2D eigenvalue weighted by atomic mass is 9.64. The summed E-state index contributed by atoms with van der Waals surface area (Å²) in [6.07, 6.45) is 3.84. The van der Waals surface area contributed by atoms with Gasteiger partial charge in [0.1, 0.15) is 5.41 Å². The van der Waals surface area contributed by atoms with Gasteiger partial charge in [-0.15, -0.1) is 0 Å². The molecule has 3 heterocycles. The summed E-state index contributed by atoms with van der Waals surface area (Å²) in [6.45, 7) is 3.41. The van der Waals surface area contributed by atoms with E-state index in [9.17, 15) is 24.5 Å². The van der Waals surface area contributed by atoms with E-state index in [0.29, 0.717) is 11.3 Å². The largest absolute Gasteiger partial charge is 0.352 e. The van der Waals surface area contributed by atoms with E-state index < -0.39 is 34.1 Å². The first-order chi connectivity index (χ1) is 17.7. The van der Waals surface area contributed by atoms with E-state index in [2.05, 4.69) is 5.32 Å². The SMILES string of the molecule is CC(=O)[C@@H]1[C@H](C(=O)c2cccc([N+](=O)[O-])c2)[C@]2(C(=O)Nc3ccccc32)[C@H]2C=Cc3cc(C)ccc3N12. The molecule has 0 saturated carbocycles. The molecule has 1 fully saturated rings. The van der Waals surface area contributed by atoms with Crippen LogP contribution >= 0.6 is 0 Å². The number of para-hydroxylation sites is 1. The van der Waals surface area contributed by atoms with E-state index in [1.807, 2.05) is 54.3 Å². The molecule has 0 unspecified atom stereocenters. The van der Waals surface area contributed by atoms with Crippen molar-refractivity contribution in [1.82, 2.24) is 0 Å². The highest BCUT2D eigenvalue weighted by atomic mass is 16.6. The Hall–Kier alpha value is -4.59. The van der Waals surface area contributed by atoms with Crippen LogP contribution in [-0.2, 0) is 15.0 Å². The standard InChI is InChI=1S/C29H23N3O5/c1-16-10-12-23-18(14-16)11-13-24-29(21-8-3-4-9-22(21)30-28(29)35)25(26(17(2)33)31(23)24)27(34)19-6-5-7-20(15-19)32(36)37/h3-15,24-26H,1-2H3,(H,30,35)/t24-,25-,26-,29-/m1/s1. The molecule has 0 aromatic heterocycles. The molecule has 184 valence electrons. The molecule has 3 aliphatic heterocycles. The summed E-state index contributed by atoms with van der Waals surface area (Å²) in [5, 5.41) is 14.4. The summed E-state index contributed by atoms with van der Waals surface area (Å²) in [6, 6.07) is 17.0. The number of fused-ring (bicyclic) bond motifs is 6. The van der Waals surface area contributed by atoms with E-state index in [-0.39, 0.29) is 22.9 Å². The van der Waals surface area contributed by atoms with Crippen molar-refractivity contribution in [3.05, 3.63) is 105 Å². The maximum absolute atomic E-state index is 14.4. The predicted molar refractivity (Wildman–Crippen MR) is 139 cm³/mol. The Morgan fingerprint density at radius 3 is 2.59 bits per heavy atom. The summed E-state index contributed by atoms with van der Waals surface area (Å²) in [4.78, 5) is 54.6. The molecule has 0 radical (unpaired) electrons. The zero-order valence-corrected chi connectivity index (χ0v) is 20.2. The first kappa shape index (κ1) is 22.8. The van der Waals surface area contributed by atoms with Crippen molar-refractivity contribution < 1.29 is 19.3 Å². The number of carbonyl (C=O) groups excluding carboxylic acids is 3. The Morgan fingerprint density at radius 2 is 1.84 bits per heavy atom. The third-order valence-corrected chi connectivity index (χ3v) is 7.83. The monoisotopic (exact) mass is 493 g/mol. The van der Waals surface area contributed by atoms with Crippen LogP contribution in [0.1, 0.15) is 34.0 Å². The fourth-order valence-electron chi connectivity index (χ4n) is 6.40. The van der Waals surface area contributed by atoms with E-state index in [1.54, 1.807) is 12.1 Å². The van der Waals surface area contributed by atoms with Crippen LogP contribution in [0.2, 0.25) is 0 Å². The topological polar surface area (TPSA) is 110 Å². The van der Waals surface area contributed by atoms with Gasteiger partial charge < -0.3 is 10.2 Å².